The van der Waals surface area contributed by atoms with Gasteiger partial charge >= 0.3 is 0 Å². The number of fused-ring (bicyclic) bond motifs is 1. The molecular formula is C28H36ClN3O5. The molecule has 1 aromatic rings. The SMILES string of the molecule is C=CCN(CCC)C(=O)[C@@H]1[C@@H]2CCC3(O2)C(C(=O)N(CC=C)c2ccccc2Cl)N(CCCO)C(=O)[C@H]13. The molecule has 3 heterocycles. The number of carbonyl (C=O) groups is 3. The maximum absolute atomic E-state index is 14.3. The summed E-state index contributed by atoms with van der Waals surface area (Å²) in [4.78, 5) is 46.8. The number of amides is 3. The third-order valence-electron chi connectivity index (χ3n) is 7.75. The lowest BCUT2D eigenvalue weighted by Gasteiger charge is -2.37. The molecule has 4 rings (SSSR count). The fourth-order valence-electron chi connectivity index (χ4n) is 6.38. The van der Waals surface area contributed by atoms with Crippen LogP contribution in [0.3, 0.4) is 0 Å². The van der Waals surface area contributed by atoms with Crippen LogP contribution in [-0.4, -0.2) is 83.2 Å². The van der Waals surface area contributed by atoms with E-state index in [-0.39, 0.29) is 37.4 Å². The molecule has 3 aliphatic heterocycles. The molecule has 1 N–H and O–H groups in total. The Balaban J connectivity index is 1.76. The second kappa shape index (κ2) is 11.4. The summed E-state index contributed by atoms with van der Waals surface area (Å²) >= 11 is 6.47. The first-order valence-corrected chi connectivity index (χ1v) is 13.4. The predicted molar refractivity (Wildman–Crippen MR) is 142 cm³/mol. The molecule has 0 saturated carbocycles. The molecule has 200 valence electrons. The van der Waals surface area contributed by atoms with E-state index in [0.29, 0.717) is 43.1 Å². The molecule has 1 aromatic carbocycles. The monoisotopic (exact) mass is 529 g/mol. The lowest BCUT2D eigenvalue weighted by Crippen LogP contribution is -2.56. The molecule has 2 unspecified atom stereocenters. The third kappa shape index (κ3) is 4.60. The molecule has 0 aliphatic carbocycles. The number of halogens is 1. The van der Waals surface area contributed by atoms with Crippen LogP contribution in [0.15, 0.2) is 49.6 Å². The maximum Gasteiger partial charge on any atom is 0.253 e. The Hall–Kier alpha value is -2.68. The van der Waals surface area contributed by atoms with Gasteiger partial charge in [-0.25, -0.2) is 0 Å². The highest BCUT2D eigenvalue weighted by atomic mass is 35.5. The number of likely N-dealkylation sites (tertiary alicyclic amines) is 1. The first kappa shape index (κ1) is 27.4. The van der Waals surface area contributed by atoms with Crippen LogP contribution in [0.5, 0.6) is 0 Å². The van der Waals surface area contributed by atoms with Gasteiger partial charge in [0.2, 0.25) is 11.8 Å². The minimum absolute atomic E-state index is 0.126. The Bertz CT molecular complexity index is 1060. The highest BCUT2D eigenvalue weighted by molar-refractivity contribution is 6.34. The molecular weight excluding hydrogens is 494 g/mol. The number of ether oxygens (including phenoxy) is 1. The minimum Gasteiger partial charge on any atom is -0.396 e. The van der Waals surface area contributed by atoms with E-state index in [0.717, 1.165) is 6.42 Å². The molecule has 0 radical (unpaired) electrons. The van der Waals surface area contributed by atoms with Gasteiger partial charge in [-0.15, -0.1) is 13.2 Å². The number of anilines is 1. The Morgan fingerprint density at radius 3 is 2.62 bits per heavy atom. The number of benzene rings is 1. The minimum atomic E-state index is -1.11. The summed E-state index contributed by atoms with van der Waals surface area (Å²) in [5.74, 6) is -2.13. The normalized spacial score (nSPS) is 27.8. The van der Waals surface area contributed by atoms with Crippen molar-refractivity contribution in [2.75, 3.05) is 37.7 Å². The smallest absolute Gasteiger partial charge is 0.253 e. The van der Waals surface area contributed by atoms with Gasteiger partial charge in [-0.2, -0.15) is 0 Å². The molecule has 3 saturated heterocycles. The summed E-state index contributed by atoms with van der Waals surface area (Å²) in [7, 11) is 0. The van der Waals surface area contributed by atoms with Gasteiger partial charge in [0.1, 0.15) is 11.6 Å². The molecule has 0 aromatic heterocycles. The number of aliphatic hydroxyl groups is 1. The molecule has 2 bridgehead atoms. The summed E-state index contributed by atoms with van der Waals surface area (Å²) in [5.41, 5.74) is -0.592. The van der Waals surface area contributed by atoms with E-state index in [1.165, 1.54) is 9.80 Å². The van der Waals surface area contributed by atoms with Crippen molar-refractivity contribution in [1.29, 1.82) is 0 Å². The molecule has 8 nitrogen and oxygen atoms in total. The fourth-order valence-corrected chi connectivity index (χ4v) is 6.62. The van der Waals surface area contributed by atoms with Crippen molar-refractivity contribution in [3.8, 4) is 0 Å². The van der Waals surface area contributed by atoms with Gasteiger partial charge in [-0.05, 0) is 37.8 Å². The third-order valence-corrected chi connectivity index (χ3v) is 8.07. The van der Waals surface area contributed by atoms with E-state index in [1.54, 1.807) is 41.3 Å². The van der Waals surface area contributed by atoms with Crippen LogP contribution in [0.25, 0.3) is 0 Å². The van der Waals surface area contributed by atoms with Crippen LogP contribution >= 0.6 is 11.6 Å². The van der Waals surface area contributed by atoms with Gasteiger partial charge in [0.05, 0.1) is 28.6 Å². The van der Waals surface area contributed by atoms with Crippen LogP contribution in [0.1, 0.15) is 32.6 Å². The summed E-state index contributed by atoms with van der Waals surface area (Å²) < 4.78 is 6.53. The number of carbonyl (C=O) groups excluding carboxylic acids is 3. The Labute approximate surface area is 223 Å². The van der Waals surface area contributed by atoms with Crippen molar-refractivity contribution in [3.05, 3.63) is 54.6 Å². The van der Waals surface area contributed by atoms with Crippen LogP contribution in [0.2, 0.25) is 5.02 Å². The molecule has 37 heavy (non-hydrogen) atoms. The van der Waals surface area contributed by atoms with E-state index in [2.05, 4.69) is 13.2 Å². The second-order valence-corrected chi connectivity index (χ2v) is 10.3. The van der Waals surface area contributed by atoms with Gasteiger partial charge in [-0.1, -0.05) is 42.8 Å². The number of nitrogens with zero attached hydrogens (tertiary/aromatic N) is 3. The molecule has 1 spiro atoms. The topological polar surface area (TPSA) is 90.4 Å². The van der Waals surface area contributed by atoms with E-state index in [1.807, 2.05) is 6.92 Å². The fraction of sp³-hybridized carbons (Fsp3) is 0.536. The van der Waals surface area contributed by atoms with Crippen LogP contribution in [0.4, 0.5) is 5.69 Å². The van der Waals surface area contributed by atoms with Gasteiger partial charge in [0, 0.05) is 32.8 Å². The summed E-state index contributed by atoms with van der Waals surface area (Å²) in [6.07, 6.45) is 5.07. The molecule has 3 fully saturated rings. The lowest BCUT2D eigenvalue weighted by molar-refractivity contribution is -0.145. The second-order valence-electron chi connectivity index (χ2n) is 9.93. The highest BCUT2D eigenvalue weighted by Gasteiger charge is 2.74. The lowest BCUT2D eigenvalue weighted by atomic mass is 9.70. The number of hydrogen-bond donors (Lipinski definition) is 1. The van der Waals surface area contributed by atoms with Gasteiger partial charge in [-0.3, -0.25) is 14.4 Å². The highest BCUT2D eigenvalue weighted by Crippen LogP contribution is 2.59. The zero-order valence-corrected chi connectivity index (χ0v) is 22.1. The van der Waals surface area contributed by atoms with Gasteiger partial charge in [0.25, 0.3) is 5.91 Å². The number of rotatable bonds is 12. The quantitative estimate of drug-likeness (QED) is 0.420. The van der Waals surface area contributed by atoms with E-state index < -0.39 is 29.6 Å². The van der Waals surface area contributed by atoms with Crippen molar-refractivity contribution in [3.63, 3.8) is 0 Å². The van der Waals surface area contributed by atoms with E-state index in [4.69, 9.17) is 16.3 Å². The first-order chi connectivity index (χ1) is 17.9. The van der Waals surface area contributed by atoms with Crippen LogP contribution in [-0.2, 0) is 19.1 Å². The Morgan fingerprint density at radius 1 is 1.24 bits per heavy atom. The molecule has 3 aliphatic rings. The number of para-hydroxylation sites is 1. The average Bonchev–Trinajstić information content (AvgIpc) is 3.53. The van der Waals surface area contributed by atoms with Crippen molar-refractivity contribution in [2.24, 2.45) is 11.8 Å². The predicted octanol–water partition coefficient (Wildman–Crippen LogP) is 3.04. The summed E-state index contributed by atoms with van der Waals surface area (Å²) in [6, 6.07) is 6.11. The van der Waals surface area contributed by atoms with Crippen molar-refractivity contribution >= 4 is 35.0 Å². The summed E-state index contributed by atoms with van der Waals surface area (Å²) in [6.45, 7) is 10.8. The van der Waals surface area contributed by atoms with Crippen molar-refractivity contribution in [1.82, 2.24) is 9.80 Å². The van der Waals surface area contributed by atoms with Crippen molar-refractivity contribution in [2.45, 2.75) is 50.4 Å². The van der Waals surface area contributed by atoms with Crippen LogP contribution < -0.4 is 4.90 Å². The van der Waals surface area contributed by atoms with Gasteiger partial charge < -0.3 is 24.5 Å². The van der Waals surface area contributed by atoms with Crippen LogP contribution in [0, 0.1) is 11.8 Å². The Kier molecular flexibility index (Phi) is 8.41. The zero-order chi connectivity index (χ0) is 26.7. The Morgan fingerprint density at radius 2 is 1.97 bits per heavy atom. The average molecular weight is 530 g/mol. The number of hydrogen-bond acceptors (Lipinski definition) is 5. The standard InChI is InChI=1S/C28H36ClN3O5/c1-4-14-30(15-5-2)25(34)22-21-12-13-28(37-21)23(22)26(35)32(17-9-18-33)24(28)27(36)31(16-6-3)20-11-8-7-10-19(20)29/h4,6-8,10-11,21-24,33H,1,3,5,9,12-18H2,2H3/t21-,22+,23-,24?,28?/m0/s1. The summed E-state index contributed by atoms with van der Waals surface area (Å²) in [5, 5.41) is 9.95. The maximum atomic E-state index is 14.3. The van der Waals surface area contributed by atoms with Crippen molar-refractivity contribution < 1.29 is 24.2 Å². The van der Waals surface area contributed by atoms with Gasteiger partial charge in [0.15, 0.2) is 0 Å². The largest absolute Gasteiger partial charge is 0.396 e. The molecule has 5 atom stereocenters. The van der Waals surface area contributed by atoms with E-state index >= 15 is 0 Å². The van der Waals surface area contributed by atoms with E-state index in [9.17, 15) is 19.5 Å². The first-order valence-electron chi connectivity index (χ1n) is 13.0. The molecule has 9 heteroatoms. The number of aliphatic hydroxyl groups excluding tert-OH is 1. The molecule has 3 amide bonds. The zero-order valence-electron chi connectivity index (χ0n) is 21.4.